The van der Waals surface area contributed by atoms with Crippen LogP contribution in [0.5, 0.6) is 23.0 Å². The monoisotopic (exact) mass is 361 g/mol. The predicted octanol–water partition coefficient (Wildman–Crippen LogP) is 1.51. The molecule has 4 N–H and O–H groups in total. The number of phenols is 2. The van der Waals surface area contributed by atoms with Crippen molar-refractivity contribution in [2.45, 2.75) is 27.4 Å². The number of rotatable bonds is 4. The van der Waals surface area contributed by atoms with Crippen molar-refractivity contribution in [1.29, 1.82) is 0 Å². The Kier molecular flexibility index (Phi) is 5.08. The second-order valence-electron chi connectivity index (χ2n) is 5.79. The second-order valence-corrected chi connectivity index (χ2v) is 5.79. The summed E-state index contributed by atoms with van der Waals surface area (Å²) in [6, 6.07) is 2.43. The van der Waals surface area contributed by atoms with Crippen LogP contribution in [-0.2, 0) is 6.61 Å². The van der Waals surface area contributed by atoms with Gasteiger partial charge in [-0.2, -0.15) is 0 Å². The zero-order valence-corrected chi connectivity index (χ0v) is 14.3. The molecule has 0 heterocycles. The van der Waals surface area contributed by atoms with Gasteiger partial charge in [0.1, 0.15) is 22.8 Å². The lowest BCUT2D eigenvalue weighted by Crippen LogP contribution is -2.15. The molecule has 0 atom stereocenters. The molecule has 0 aliphatic carbocycles. The minimum absolute atomic E-state index is 0.0698. The average molecular weight is 361 g/mol. The SMILES string of the molecule is Cc1cc(OC(=O)c2c(C)cc(O)c(CO)c2O)c(C)c([O-])c1C(=O)O. The Morgan fingerprint density at radius 2 is 1.65 bits per heavy atom. The average Bonchev–Trinajstić information content (AvgIpc) is 2.51. The van der Waals surface area contributed by atoms with Crippen LogP contribution in [0.3, 0.4) is 0 Å². The quantitative estimate of drug-likeness (QED) is 0.473. The zero-order valence-electron chi connectivity index (χ0n) is 14.3. The van der Waals surface area contributed by atoms with Gasteiger partial charge in [-0.1, -0.05) is 5.75 Å². The molecule has 8 nitrogen and oxygen atoms in total. The van der Waals surface area contributed by atoms with Crippen LogP contribution in [0.1, 0.15) is 43.0 Å². The van der Waals surface area contributed by atoms with Gasteiger partial charge in [0.25, 0.3) is 0 Å². The number of hydrogen-bond donors (Lipinski definition) is 4. The van der Waals surface area contributed by atoms with Crippen LogP contribution in [-0.4, -0.2) is 32.4 Å². The Morgan fingerprint density at radius 1 is 1.08 bits per heavy atom. The summed E-state index contributed by atoms with van der Waals surface area (Å²) in [5, 5.41) is 50.3. The van der Waals surface area contributed by atoms with Crippen LogP contribution in [0.4, 0.5) is 0 Å². The van der Waals surface area contributed by atoms with E-state index in [1.807, 2.05) is 0 Å². The van der Waals surface area contributed by atoms with Crippen molar-refractivity contribution in [3.05, 3.63) is 45.5 Å². The fourth-order valence-corrected chi connectivity index (χ4v) is 2.62. The molecule has 0 spiro atoms. The Hall–Kier alpha value is -3.26. The number of aliphatic hydroxyl groups excluding tert-OH is 1. The summed E-state index contributed by atoms with van der Waals surface area (Å²) in [5.41, 5.74) is -0.673. The molecule has 0 unspecified atom stereocenters. The highest BCUT2D eigenvalue weighted by atomic mass is 16.5. The van der Waals surface area contributed by atoms with Crippen LogP contribution in [0.25, 0.3) is 0 Å². The fraction of sp³-hybridized carbons (Fsp3) is 0.222. The number of aromatic hydroxyl groups is 2. The second kappa shape index (κ2) is 6.93. The molecule has 0 radical (unpaired) electrons. The van der Waals surface area contributed by atoms with E-state index in [4.69, 9.17) is 9.84 Å². The van der Waals surface area contributed by atoms with Crippen molar-refractivity contribution in [3.63, 3.8) is 0 Å². The van der Waals surface area contributed by atoms with Gasteiger partial charge in [-0.15, -0.1) is 0 Å². The first-order valence-electron chi connectivity index (χ1n) is 7.52. The standard InChI is InChI=1S/C18H18O8/c1-7-4-11(20)10(6-19)16(22)14(7)18(25)26-12-5-8(2)13(17(23)24)15(21)9(12)3/h4-5,19-22H,6H2,1-3H3,(H,23,24)/p-1. The summed E-state index contributed by atoms with van der Waals surface area (Å²) in [6.45, 7) is 3.46. The zero-order chi connectivity index (χ0) is 19.8. The highest BCUT2D eigenvalue weighted by molar-refractivity contribution is 5.97. The van der Waals surface area contributed by atoms with E-state index in [2.05, 4.69) is 0 Å². The lowest BCUT2D eigenvalue weighted by Gasteiger charge is -2.20. The fourth-order valence-electron chi connectivity index (χ4n) is 2.62. The third-order valence-electron chi connectivity index (χ3n) is 4.04. The number of carbonyl (C=O) groups excluding carboxylic acids is 1. The molecule has 138 valence electrons. The van der Waals surface area contributed by atoms with Gasteiger partial charge >= 0.3 is 11.9 Å². The number of carboxylic acid groups (broad SMARTS) is 1. The molecule has 0 aliphatic rings. The summed E-state index contributed by atoms with van der Waals surface area (Å²) in [6.07, 6.45) is 0. The van der Waals surface area contributed by atoms with Gasteiger partial charge in [-0.25, -0.2) is 9.59 Å². The van der Waals surface area contributed by atoms with Crippen LogP contribution in [0, 0.1) is 20.8 Å². The maximum atomic E-state index is 12.5. The van der Waals surface area contributed by atoms with Crippen molar-refractivity contribution < 1.29 is 39.9 Å². The third-order valence-corrected chi connectivity index (χ3v) is 4.04. The van der Waals surface area contributed by atoms with Gasteiger partial charge < -0.3 is 30.3 Å². The van der Waals surface area contributed by atoms with E-state index in [0.29, 0.717) is 0 Å². The molecule has 0 saturated carbocycles. The molecule has 0 aliphatic heterocycles. The number of aliphatic hydroxyl groups is 1. The van der Waals surface area contributed by atoms with Crippen molar-refractivity contribution in [1.82, 2.24) is 0 Å². The molecule has 0 saturated heterocycles. The molecule has 2 aromatic rings. The largest absolute Gasteiger partial charge is 0.872 e. The van der Waals surface area contributed by atoms with Gasteiger partial charge in [-0.3, -0.25) is 0 Å². The summed E-state index contributed by atoms with van der Waals surface area (Å²) in [7, 11) is 0. The molecule has 26 heavy (non-hydrogen) atoms. The Bertz CT molecular complexity index is 914. The number of carboxylic acids is 1. The molecular formula is C18H17O8-. The van der Waals surface area contributed by atoms with E-state index in [1.54, 1.807) is 0 Å². The third kappa shape index (κ3) is 3.14. The topological polar surface area (TPSA) is 147 Å². The normalized spacial score (nSPS) is 10.6. The molecule has 2 rings (SSSR count). The van der Waals surface area contributed by atoms with Gasteiger partial charge in [0.05, 0.1) is 17.7 Å². The summed E-state index contributed by atoms with van der Waals surface area (Å²) in [5.74, 6) is -4.32. The predicted molar refractivity (Wildman–Crippen MR) is 87.7 cm³/mol. The number of benzene rings is 2. The molecule has 0 fully saturated rings. The number of hydrogen-bond acceptors (Lipinski definition) is 7. The van der Waals surface area contributed by atoms with Crippen molar-refractivity contribution in [2.75, 3.05) is 0 Å². The first-order chi connectivity index (χ1) is 12.1. The Morgan fingerprint density at radius 3 is 2.19 bits per heavy atom. The number of esters is 1. The van der Waals surface area contributed by atoms with E-state index in [9.17, 15) is 30.0 Å². The Labute approximate surface area is 148 Å². The molecule has 0 amide bonds. The molecule has 0 aromatic heterocycles. The van der Waals surface area contributed by atoms with Crippen molar-refractivity contribution >= 4 is 11.9 Å². The van der Waals surface area contributed by atoms with Crippen LogP contribution < -0.4 is 9.84 Å². The highest BCUT2D eigenvalue weighted by Crippen LogP contribution is 2.36. The summed E-state index contributed by atoms with van der Waals surface area (Å²) < 4.78 is 5.17. The maximum absolute atomic E-state index is 12.5. The minimum atomic E-state index is -1.38. The van der Waals surface area contributed by atoms with Crippen LogP contribution >= 0.6 is 0 Å². The van der Waals surface area contributed by atoms with Gasteiger partial charge in [0, 0.05) is 0 Å². The van der Waals surface area contributed by atoms with Gasteiger partial charge in [-0.05, 0) is 49.6 Å². The van der Waals surface area contributed by atoms with Crippen molar-refractivity contribution in [2.24, 2.45) is 0 Å². The highest BCUT2D eigenvalue weighted by Gasteiger charge is 2.23. The van der Waals surface area contributed by atoms with E-state index in [1.165, 1.54) is 32.9 Å². The minimum Gasteiger partial charge on any atom is -0.872 e. The van der Waals surface area contributed by atoms with E-state index in [0.717, 1.165) is 0 Å². The number of carbonyl (C=O) groups is 2. The maximum Gasteiger partial charge on any atom is 0.347 e. The summed E-state index contributed by atoms with van der Waals surface area (Å²) in [4.78, 5) is 23.6. The number of aryl methyl sites for hydroxylation is 2. The first-order valence-corrected chi connectivity index (χ1v) is 7.52. The van der Waals surface area contributed by atoms with Crippen LogP contribution in [0.15, 0.2) is 12.1 Å². The lowest BCUT2D eigenvalue weighted by molar-refractivity contribution is -0.269. The Balaban J connectivity index is 2.51. The molecular weight excluding hydrogens is 344 g/mol. The van der Waals surface area contributed by atoms with E-state index < -0.39 is 35.6 Å². The smallest absolute Gasteiger partial charge is 0.347 e. The van der Waals surface area contributed by atoms with Crippen LogP contribution in [0.2, 0.25) is 0 Å². The molecule has 8 heteroatoms. The van der Waals surface area contributed by atoms with Gasteiger partial charge in [0.2, 0.25) is 0 Å². The lowest BCUT2D eigenvalue weighted by atomic mass is 10.0. The van der Waals surface area contributed by atoms with Crippen molar-refractivity contribution in [3.8, 4) is 23.0 Å². The number of aromatic carboxylic acids is 1. The molecule has 0 bridgehead atoms. The molecule has 2 aromatic carbocycles. The first kappa shape index (κ1) is 19.1. The summed E-state index contributed by atoms with van der Waals surface area (Å²) >= 11 is 0. The number of ether oxygens (including phenoxy) is 1. The van der Waals surface area contributed by atoms with E-state index >= 15 is 0 Å². The van der Waals surface area contributed by atoms with Gasteiger partial charge in [0.15, 0.2) is 0 Å². The van der Waals surface area contributed by atoms with E-state index in [-0.39, 0.29) is 39.3 Å².